The Morgan fingerprint density at radius 1 is 1.24 bits per heavy atom. The molecule has 1 rings (SSSR count). The number of nitrogens with one attached hydrogen (secondary N) is 1. The first-order valence-electron chi connectivity index (χ1n) is 7.26. The lowest BCUT2D eigenvalue weighted by Gasteiger charge is -2.21. The molecule has 5 nitrogen and oxygen atoms in total. The lowest BCUT2D eigenvalue weighted by Crippen LogP contribution is -2.39. The smallest absolute Gasteiger partial charge is 0.240 e. The average molecular weight is 315 g/mol. The van der Waals surface area contributed by atoms with Gasteiger partial charge >= 0.3 is 0 Å². The number of sulfonamides is 1. The van der Waals surface area contributed by atoms with Crippen molar-refractivity contribution in [2.75, 3.05) is 13.2 Å². The first kappa shape index (κ1) is 17.9. The van der Waals surface area contributed by atoms with Crippen molar-refractivity contribution < 1.29 is 18.3 Å². The van der Waals surface area contributed by atoms with E-state index in [4.69, 9.17) is 9.84 Å². The molecule has 0 saturated heterocycles. The summed E-state index contributed by atoms with van der Waals surface area (Å²) in [5.74, 6) is 0.769. The van der Waals surface area contributed by atoms with Crippen LogP contribution in [0, 0.1) is 5.92 Å². The Hall–Kier alpha value is -1.11. The zero-order valence-electron chi connectivity index (χ0n) is 12.9. The highest BCUT2D eigenvalue weighted by Crippen LogP contribution is 2.18. The van der Waals surface area contributed by atoms with E-state index in [1.165, 1.54) is 12.1 Å². The molecule has 0 heterocycles. The van der Waals surface area contributed by atoms with Gasteiger partial charge in [-0.1, -0.05) is 20.8 Å². The lowest BCUT2D eigenvalue weighted by atomic mass is 10.0. The van der Waals surface area contributed by atoms with E-state index in [-0.39, 0.29) is 23.5 Å². The summed E-state index contributed by atoms with van der Waals surface area (Å²) in [7, 11) is -3.58. The van der Waals surface area contributed by atoms with Gasteiger partial charge in [-0.25, -0.2) is 13.1 Å². The molecule has 21 heavy (non-hydrogen) atoms. The molecule has 0 aliphatic heterocycles. The Labute approximate surface area is 127 Å². The van der Waals surface area contributed by atoms with Gasteiger partial charge in [-0.15, -0.1) is 0 Å². The van der Waals surface area contributed by atoms with Gasteiger partial charge < -0.3 is 9.84 Å². The number of hydrogen-bond donors (Lipinski definition) is 2. The number of aliphatic hydroxyl groups is 1. The van der Waals surface area contributed by atoms with Gasteiger partial charge in [0.2, 0.25) is 10.0 Å². The van der Waals surface area contributed by atoms with Crippen LogP contribution in [0.3, 0.4) is 0 Å². The van der Waals surface area contributed by atoms with E-state index < -0.39 is 10.0 Å². The van der Waals surface area contributed by atoms with Crippen molar-refractivity contribution in [2.45, 2.75) is 44.6 Å². The maximum Gasteiger partial charge on any atom is 0.240 e. The van der Waals surface area contributed by atoms with Gasteiger partial charge in [-0.3, -0.25) is 0 Å². The third-order valence-corrected chi connectivity index (χ3v) is 4.66. The van der Waals surface area contributed by atoms with Crippen LogP contribution in [0.15, 0.2) is 29.2 Å². The number of aliphatic hydroxyl groups excluding tert-OH is 1. The summed E-state index contributed by atoms with van der Waals surface area (Å²) >= 11 is 0. The van der Waals surface area contributed by atoms with E-state index in [0.29, 0.717) is 18.8 Å². The Balaban J connectivity index is 2.81. The zero-order chi connectivity index (χ0) is 15.9. The summed E-state index contributed by atoms with van der Waals surface area (Å²) in [6.07, 6.45) is 1.30. The molecule has 0 aromatic heterocycles. The molecule has 0 amide bonds. The topological polar surface area (TPSA) is 75.6 Å². The van der Waals surface area contributed by atoms with Crippen LogP contribution < -0.4 is 9.46 Å². The first-order chi connectivity index (χ1) is 9.90. The van der Waals surface area contributed by atoms with E-state index in [0.717, 1.165) is 6.42 Å². The molecule has 2 N–H and O–H groups in total. The number of hydrogen-bond acceptors (Lipinski definition) is 4. The fourth-order valence-corrected chi connectivity index (χ4v) is 3.29. The zero-order valence-corrected chi connectivity index (χ0v) is 13.7. The van der Waals surface area contributed by atoms with Crippen LogP contribution in [0.4, 0.5) is 0 Å². The average Bonchev–Trinajstić information content (AvgIpc) is 2.45. The van der Waals surface area contributed by atoms with Gasteiger partial charge in [0.25, 0.3) is 0 Å². The summed E-state index contributed by atoms with van der Waals surface area (Å²) in [5.41, 5.74) is 0. The second-order valence-electron chi connectivity index (χ2n) is 5.30. The maximum atomic E-state index is 12.3. The third-order valence-electron chi connectivity index (χ3n) is 3.16. The molecule has 120 valence electrons. The van der Waals surface area contributed by atoms with E-state index in [9.17, 15) is 8.42 Å². The fraction of sp³-hybridized carbons (Fsp3) is 0.600. The van der Waals surface area contributed by atoms with Crippen molar-refractivity contribution in [1.82, 2.24) is 4.72 Å². The van der Waals surface area contributed by atoms with Crippen molar-refractivity contribution >= 4 is 10.0 Å². The molecule has 6 heteroatoms. The quantitative estimate of drug-likeness (QED) is 0.732. The van der Waals surface area contributed by atoms with Crippen LogP contribution in [0.25, 0.3) is 0 Å². The van der Waals surface area contributed by atoms with Crippen LogP contribution in [0.5, 0.6) is 5.75 Å². The van der Waals surface area contributed by atoms with Crippen LogP contribution in [-0.4, -0.2) is 32.8 Å². The van der Waals surface area contributed by atoms with E-state index in [2.05, 4.69) is 4.72 Å². The van der Waals surface area contributed by atoms with Gasteiger partial charge in [-0.2, -0.15) is 0 Å². The standard InChI is InChI=1S/C15H25NO4S/c1-4-11-20-13-5-7-14(8-6-13)21(18,19)16-15(9-10-17)12(2)3/h5-8,12,15-17H,4,9-11H2,1-3H3. The van der Waals surface area contributed by atoms with Crippen LogP contribution in [0.2, 0.25) is 0 Å². The Bertz CT molecular complexity index is 511. The number of rotatable bonds is 9. The van der Waals surface area contributed by atoms with Gasteiger partial charge in [-0.05, 0) is 43.0 Å². The normalized spacial score (nSPS) is 13.4. The molecule has 0 aliphatic carbocycles. The summed E-state index contributed by atoms with van der Waals surface area (Å²) in [5, 5.41) is 9.02. The monoisotopic (exact) mass is 315 g/mol. The number of benzene rings is 1. The minimum absolute atomic E-state index is 0.0465. The third kappa shape index (κ3) is 5.65. The summed E-state index contributed by atoms with van der Waals surface area (Å²) in [6.45, 7) is 6.41. The fourth-order valence-electron chi connectivity index (χ4n) is 1.87. The molecular weight excluding hydrogens is 290 g/mol. The molecule has 1 aromatic rings. The lowest BCUT2D eigenvalue weighted by molar-refractivity contribution is 0.256. The summed E-state index contributed by atoms with van der Waals surface area (Å²) in [6, 6.07) is 6.09. The van der Waals surface area contributed by atoms with Crippen molar-refractivity contribution in [3.63, 3.8) is 0 Å². The summed E-state index contributed by atoms with van der Waals surface area (Å²) in [4.78, 5) is 0.204. The molecule has 0 saturated carbocycles. The molecule has 1 atom stereocenters. The first-order valence-corrected chi connectivity index (χ1v) is 8.75. The predicted octanol–water partition coefficient (Wildman–Crippen LogP) is 2.16. The van der Waals surface area contributed by atoms with Crippen molar-refractivity contribution in [1.29, 1.82) is 0 Å². The predicted molar refractivity (Wildman–Crippen MR) is 82.9 cm³/mol. The van der Waals surface area contributed by atoms with Crippen molar-refractivity contribution in [2.24, 2.45) is 5.92 Å². The maximum absolute atomic E-state index is 12.3. The molecule has 1 unspecified atom stereocenters. The van der Waals surface area contributed by atoms with Gasteiger partial charge in [0.05, 0.1) is 11.5 Å². The van der Waals surface area contributed by atoms with Crippen LogP contribution in [0.1, 0.15) is 33.6 Å². The van der Waals surface area contributed by atoms with Gasteiger partial charge in [0.15, 0.2) is 0 Å². The molecule has 0 spiro atoms. The SMILES string of the molecule is CCCOc1ccc(S(=O)(=O)NC(CCO)C(C)C)cc1. The van der Waals surface area contributed by atoms with E-state index in [1.54, 1.807) is 12.1 Å². The number of ether oxygens (including phenoxy) is 1. The Morgan fingerprint density at radius 3 is 2.33 bits per heavy atom. The van der Waals surface area contributed by atoms with Gasteiger partial charge in [0, 0.05) is 12.6 Å². The Kier molecular flexibility index (Phi) is 7.14. The van der Waals surface area contributed by atoms with Crippen LogP contribution >= 0.6 is 0 Å². The minimum atomic E-state index is -3.58. The van der Waals surface area contributed by atoms with E-state index >= 15 is 0 Å². The minimum Gasteiger partial charge on any atom is -0.494 e. The highest BCUT2D eigenvalue weighted by atomic mass is 32.2. The van der Waals surface area contributed by atoms with Crippen molar-refractivity contribution in [3.05, 3.63) is 24.3 Å². The Morgan fingerprint density at radius 2 is 1.86 bits per heavy atom. The van der Waals surface area contributed by atoms with E-state index in [1.807, 2.05) is 20.8 Å². The van der Waals surface area contributed by atoms with Gasteiger partial charge in [0.1, 0.15) is 5.75 Å². The molecule has 0 aliphatic rings. The second kappa shape index (κ2) is 8.36. The van der Waals surface area contributed by atoms with Crippen molar-refractivity contribution in [3.8, 4) is 5.75 Å². The highest BCUT2D eigenvalue weighted by Gasteiger charge is 2.22. The molecule has 0 fully saturated rings. The molecule has 1 aromatic carbocycles. The highest BCUT2D eigenvalue weighted by molar-refractivity contribution is 7.89. The molecular formula is C15H25NO4S. The molecule has 0 bridgehead atoms. The van der Waals surface area contributed by atoms with Crippen LogP contribution in [-0.2, 0) is 10.0 Å². The second-order valence-corrected chi connectivity index (χ2v) is 7.02. The largest absolute Gasteiger partial charge is 0.494 e. The summed E-state index contributed by atoms with van der Waals surface area (Å²) < 4.78 is 32.7. The molecule has 0 radical (unpaired) electrons.